The fraction of sp³-hybridized carbons (Fsp3) is 0.955. The highest BCUT2D eigenvalue weighted by molar-refractivity contribution is 5.73. The van der Waals surface area contributed by atoms with Crippen molar-refractivity contribution in [3.63, 3.8) is 0 Å². The number of aliphatic hydroxyl groups is 9. The maximum atomic E-state index is 12.1. The van der Waals surface area contributed by atoms with E-state index in [1.54, 1.807) is 20.8 Å². The highest BCUT2D eigenvalue weighted by Crippen LogP contribution is 2.38. The van der Waals surface area contributed by atoms with Crippen molar-refractivity contribution in [2.75, 3.05) is 13.2 Å². The molecule has 0 aromatic carbocycles. The second-order valence-electron chi connectivity index (χ2n) is 10.8. The van der Waals surface area contributed by atoms with Crippen molar-refractivity contribution in [2.45, 2.75) is 113 Å². The van der Waals surface area contributed by atoms with Crippen molar-refractivity contribution in [3.8, 4) is 0 Å². The lowest BCUT2D eigenvalue weighted by molar-refractivity contribution is -0.367. The van der Waals surface area contributed by atoms with Gasteiger partial charge >= 0.3 is 5.97 Å². The van der Waals surface area contributed by atoms with Gasteiger partial charge in [-0.25, -0.2) is 4.79 Å². The summed E-state index contributed by atoms with van der Waals surface area (Å²) in [4.78, 5) is 12.1. The summed E-state index contributed by atoms with van der Waals surface area (Å²) in [6, 6.07) is 0. The lowest BCUT2D eigenvalue weighted by Gasteiger charge is -2.50. The van der Waals surface area contributed by atoms with Gasteiger partial charge in [-0.1, -0.05) is 20.8 Å². The Morgan fingerprint density at radius 3 is 1.45 bits per heavy atom. The van der Waals surface area contributed by atoms with E-state index in [0.717, 1.165) is 0 Å². The molecular formula is C22H38O16. The molecule has 3 saturated heterocycles. The number of carboxylic acid groups (broad SMARTS) is 1. The summed E-state index contributed by atoms with van der Waals surface area (Å²) in [6.07, 6.45) is -25.3. The van der Waals surface area contributed by atoms with Gasteiger partial charge in [0.1, 0.15) is 67.1 Å². The minimum absolute atomic E-state index is 0.749. The van der Waals surface area contributed by atoms with E-state index in [2.05, 4.69) is 0 Å². The minimum atomic E-state index is -1.92. The summed E-state index contributed by atoms with van der Waals surface area (Å²) in [5.74, 6) is -1.57. The molecule has 3 aliphatic rings. The van der Waals surface area contributed by atoms with E-state index in [1.807, 2.05) is 0 Å². The maximum absolute atomic E-state index is 12.1. The van der Waals surface area contributed by atoms with Crippen molar-refractivity contribution in [1.82, 2.24) is 0 Å². The molecule has 0 aromatic rings. The van der Waals surface area contributed by atoms with E-state index in [1.165, 1.54) is 0 Å². The number of rotatable bonds is 7. The molecule has 38 heavy (non-hydrogen) atoms. The Balaban J connectivity index is 1.91. The molecule has 222 valence electrons. The number of carbonyl (C=O) groups is 1. The predicted molar refractivity (Wildman–Crippen MR) is 119 cm³/mol. The van der Waals surface area contributed by atoms with E-state index in [0.29, 0.717) is 0 Å². The SMILES string of the molecule is CC(C)(C)[C@@H]1O[C@H](C(=O)O)[C@@H](O[C@@H]2O[C@H](CO)[C@@H](O)[C@H](O)[C@H]2O)C(O)[C@H]1O[C@@H]1O[C@H](CO)[C@@H](O)[C@H](O)[C@H]1O. The predicted octanol–water partition coefficient (Wildman–Crippen LogP) is -5.38. The van der Waals surface area contributed by atoms with Crippen LogP contribution < -0.4 is 0 Å². The molecule has 15 atom stereocenters. The molecule has 3 rings (SSSR count). The van der Waals surface area contributed by atoms with Crippen molar-refractivity contribution in [3.05, 3.63) is 0 Å². The normalized spacial score (nSPS) is 48.6. The Kier molecular flexibility index (Phi) is 10.1. The number of aliphatic hydroxyl groups excluding tert-OH is 9. The van der Waals surface area contributed by atoms with Crippen LogP contribution in [0.15, 0.2) is 0 Å². The number of ether oxygens (including phenoxy) is 5. The van der Waals surface area contributed by atoms with Gasteiger partial charge in [0.05, 0.1) is 19.3 Å². The summed E-state index contributed by atoms with van der Waals surface area (Å²) in [5.41, 5.74) is -0.901. The smallest absolute Gasteiger partial charge is 0.335 e. The van der Waals surface area contributed by atoms with Crippen molar-refractivity contribution >= 4 is 5.97 Å². The standard InChI is InChI=1S/C22H38O16/c1-22(2,3)18-16(38-21-13(30)11(28)9(26)7(5-24)35-21)14(31)15(17(36-18)19(32)33)37-20-12(29)10(27)8(25)6(4-23)34-20/h6-18,20-21,23-31H,4-5H2,1-3H3,(H,32,33)/t6-,7-,8-,9-,10+,11+,12-,13-,14?,15+,16-,17+,18-,20+,21+/m1/s1. The summed E-state index contributed by atoms with van der Waals surface area (Å²) in [6.45, 7) is 3.40. The number of carboxylic acids is 1. The van der Waals surface area contributed by atoms with Crippen LogP contribution >= 0.6 is 0 Å². The van der Waals surface area contributed by atoms with E-state index in [-0.39, 0.29) is 0 Å². The molecule has 3 aliphatic heterocycles. The van der Waals surface area contributed by atoms with Gasteiger partial charge in [0.15, 0.2) is 18.7 Å². The molecule has 16 heteroatoms. The van der Waals surface area contributed by atoms with Crippen LogP contribution in [0.2, 0.25) is 0 Å². The molecule has 0 saturated carbocycles. The Morgan fingerprint density at radius 2 is 1.08 bits per heavy atom. The highest BCUT2D eigenvalue weighted by atomic mass is 16.7. The molecular weight excluding hydrogens is 520 g/mol. The highest BCUT2D eigenvalue weighted by Gasteiger charge is 2.57. The average Bonchev–Trinajstić information content (AvgIpc) is 2.85. The van der Waals surface area contributed by atoms with Crippen LogP contribution in [0.4, 0.5) is 0 Å². The Labute approximate surface area is 217 Å². The topological polar surface area (TPSA) is 266 Å². The third kappa shape index (κ3) is 6.13. The van der Waals surface area contributed by atoms with E-state index < -0.39 is 117 Å². The first-order chi connectivity index (χ1) is 17.6. The quantitative estimate of drug-likeness (QED) is 0.140. The average molecular weight is 559 g/mol. The number of hydrogen-bond donors (Lipinski definition) is 10. The summed E-state index contributed by atoms with van der Waals surface area (Å²) < 4.78 is 27.7. The van der Waals surface area contributed by atoms with Crippen LogP contribution in [-0.4, -0.2) is 162 Å². The Morgan fingerprint density at radius 1 is 0.658 bits per heavy atom. The molecule has 0 aromatic heterocycles. The Hall–Kier alpha value is -1.09. The monoisotopic (exact) mass is 558 g/mol. The van der Waals surface area contributed by atoms with Crippen molar-refractivity contribution in [1.29, 1.82) is 0 Å². The first-order valence-corrected chi connectivity index (χ1v) is 12.1. The Bertz CT molecular complexity index is 788. The number of hydrogen-bond acceptors (Lipinski definition) is 15. The molecule has 0 radical (unpaired) electrons. The van der Waals surface area contributed by atoms with Crippen molar-refractivity contribution < 1.29 is 79.5 Å². The zero-order chi connectivity index (χ0) is 28.7. The van der Waals surface area contributed by atoms with Crippen molar-refractivity contribution in [2.24, 2.45) is 5.41 Å². The second kappa shape index (κ2) is 12.2. The molecule has 0 aliphatic carbocycles. The van der Waals surface area contributed by atoms with Crippen LogP contribution in [0.1, 0.15) is 20.8 Å². The lowest BCUT2D eigenvalue weighted by atomic mass is 9.80. The maximum Gasteiger partial charge on any atom is 0.335 e. The first-order valence-electron chi connectivity index (χ1n) is 12.1. The third-order valence-electron chi connectivity index (χ3n) is 6.94. The third-order valence-corrected chi connectivity index (χ3v) is 6.94. The van der Waals surface area contributed by atoms with E-state index >= 15 is 0 Å². The lowest BCUT2D eigenvalue weighted by Crippen LogP contribution is -2.68. The van der Waals surface area contributed by atoms with Crippen LogP contribution in [0.25, 0.3) is 0 Å². The number of aliphatic carboxylic acids is 1. The van der Waals surface area contributed by atoms with E-state index in [9.17, 15) is 55.9 Å². The van der Waals surface area contributed by atoms with Gasteiger partial charge in [0.25, 0.3) is 0 Å². The molecule has 1 unspecified atom stereocenters. The van der Waals surface area contributed by atoms with Gasteiger partial charge in [-0.15, -0.1) is 0 Å². The van der Waals surface area contributed by atoms with E-state index in [4.69, 9.17) is 23.7 Å². The zero-order valence-corrected chi connectivity index (χ0v) is 21.0. The largest absolute Gasteiger partial charge is 0.479 e. The van der Waals surface area contributed by atoms with Gasteiger partial charge in [0, 0.05) is 0 Å². The van der Waals surface area contributed by atoms with Crippen LogP contribution in [0.3, 0.4) is 0 Å². The fourth-order valence-electron chi connectivity index (χ4n) is 4.73. The van der Waals surface area contributed by atoms with Gasteiger partial charge in [-0.2, -0.15) is 0 Å². The first kappa shape index (κ1) is 31.4. The fourth-order valence-corrected chi connectivity index (χ4v) is 4.73. The molecule has 3 heterocycles. The zero-order valence-electron chi connectivity index (χ0n) is 21.0. The molecule has 0 bridgehead atoms. The van der Waals surface area contributed by atoms with Gasteiger partial charge < -0.3 is 74.7 Å². The van der Waals surface area contributed by atoms with Gasteiger partial charge in [-0.05, 0) is 5.41 Å². The summed E-state index contributed by atoms with van der Waals surface area (Å²) in [5, 5.41) is 101. The van der Waals surface area contributed by atoms with Crippen LogP contribution in [-0.2, 0) is 28.5 Å². The summed E-state index contributed by atoms with van der Waals surface area (Å²) in [7, 11) is 0. The molecule has 0 amide bonds. The van der Waals surface area contributed by atoms with Gasteiger partial charge in [-0.3, -0.25) is 0 Å². The molecule has 10 N–H and O–H groups in total. The molecule has 3 fully saturated rings. The van der Waals surface area contributed by atoms with Gasteiger partial charge in [0.2, 0.25) is 0 Å². The molecule has 0 spiro atoms. The van der Waals surface area contributed by atoms with Crippen LogP contribution in [0.5, 0.6) is 0 Å². The second-order valence-corrected chi connectivity index (χ2v) is 10.8. The minimum Gasteiger partial charge on any atom is -0.479 e. The van der Waals surface area contributed by atoms with Crippen LogP contribution in [0, 0.1) is 5.41 Å². The summed E-state index contributed by atoms with van der Waals surface area (Å²) >= 11 is 0. The molecule has 16 nitrogen and oxygen atoms in total.